The van der Waals surface area contributed by atoms with Crippen LogP contribution in [0.2, 0.25) is 0 Å². The van der Waals surface area contributed by atoms with Gasteiger partial charge in [-0.1, -0.05) is 0 Å². The van der Waals surface area contributed by atoms with Crippen molar-refractivity contribution in [2.24, 2.45) is 0 Å². The van der Waals surface area contributed by atoms with Crippen molar-refractivity contribution in [3.8, 4) is 5.69 Å². The molecular formula is C11H13N5O4S. The molecule has 1 aromatic carbocycles. The predicted octanol–water partition coefficient (Wildman–Crippen LogP) is 0.186. The van der Waals surface area contributed by atoms with Gasteiger partial charge in [0.2, 0.25) is 10.0 Å². The van der Waals surface area contributed by atoms with Gasteiger partial charge in [-0.3, -0.25) is 9.52 Å². The van der Waals surface area contributed by atoms with Gasteiger partial charge in [-0.25, -0.2) is 13.1 Å². The quantitative estimate of drug-likeness (QED) is 0.806. The topological polar surface area (TPSA) is 127 Å². The van der Waals surface area contributed by atoms with Gasteiger partial charge in [-0.15, -0.1) is 5.10 Å². The number of sulfonamides is 1. The van der Waals surface area contributed by atoms with Crippen molar-refractivity contribution < 1.29 is 18.3 Å². The van der Waals surface area contributed by atoms with E-state index in [1.807, 2.05) is 0 Å². The van der Waals surface area contributed by atoms with Crippen molar-refractivity contribution in [1.82, 2.24) is 20.2 Å². The maximum atomic E-state index is 11.8. The minimum absolute atomic E-state index is 0.275. The number of hydrogen-bond donors (Lipinski definition) is 2. The van der Waals surface area contributed by atoms with Crippen LogP contribution in [-0.2, 0) is 14.8 Å². The number of aromatic nitrogens is 4. The molecule has 1 heterocycles. The smallest absolute Gasteiger partial charge is 0.323 e. The SMILES string of the molecule is Cc1cc(NS(=O)(=O)C(C)C(=O)O)ccc1-n1cnnn1. The molecule has 0 bridgehead atoms. The highest BCUT2D eigenvalue weighted by Gasteiger charge is 2.27. The van der Waals surface area contributed by atoms with Crippen LogP contribution in [0.3, 0.4) is 0 Å². The monoisotopic (exact) mass is 311 g/mol. The lowest BCUT2D eigenvalue weighted by atomic mass is 10.2. The van der Waals surface area contributed by atoms with Crippen molar-refractivity contribution in [2.45, 2.75) is 19.1 Å². The normalized spacial score (nSPS) is 12.9. The molecule has 112 valence electrons. The van der Waals surface area contributed by atoms with E-state index in [0.717, 1.165) is 12.5 Å². The first kappa shape index (κ1) is 14.9. The van der Waals surface area contributed by atoms with Crippen molar-refractivity contribution >= 4 is 21.7 Å². The molecule has 1 atom stereocenters. The standard InChI is InChI=1S/C11H13N5O4S/c1-7-5-9(13-21(19,20)8(2)11(17)18)3-4-10(7)16-6-12-14-15-16/h3-6,8,13H,1-2H3,(H,17,18). The molecule has 1 unspecified atom stereocenters. The van der Waals surface area contributed by atoms with E-state index in [4.69, 9.17) is 5.11 Å². The number of anilines is 1. The average molecular weight is 311 g/mol. The minimum atomic E-state index is -3.99. The first-order chi connectivity index (χ1) is 9.81. The molecule has 2 aromatic rings. The van der Waals surface area contributed by atoms with Crippen LogP contribution < -0.4 is 4.72 Å². The summed E-state index contributed by atoms with van der Waals surface area (Å²) < 4.78 is 27.4. The molecule has 0 aliphatic heterocycles. The van der Waals surface area contributed by atoms with E-state index in [0.29, 0.717) is 5.69 Å². The Morgan fingerprint density at radius 2 is 2.14 bits per heavy atom. The third-order valence-electron chi connectivity index (χ3n) is 2.87. The van der Waals surface area contributed by atoms with Crippen LogP contribution in [0, 0.1) is 6.92 Å². The number of aryl methyl sites for hydroxylation is 1. The summed E-state index contributed by atoms with van der Waals surface area (Å²) in [6.45, 7) is 2.86. The van der Waals surface area contributed by atoms with E-state index >= 15 is 0 Å². The molecule has 2 N–H and O–H groups in total. The number of carboxylic acids is 1. The number of tetrazole rings is 1. The molecule has 9 nitrogen and oxygen atoms in total. The number of hydrogen-bond acceptors (Lipinski definition) is 6. The average Bonchev–Trinajstić information content (AvgIpc) is 2.91. The zero-order valence-corrected chi connectivity index (χ0v) is 12.1. The third kappa shape index (κ3) is 3.16. The second-order valence-corrected chi connectivity index (χ2v) is 6.38. The summed E-state index contributed by atoms with van der Waals surface area (Å²) >= 11 is 0. The van der Waals surface area contributed by atoms with Crippen LogP contribution in [0.1, 0.15) is 12.5 Å². The fraction of sp³-hybridized carbons (Fsp3) is 0.273. The van der Waals surface area contributed by atoms with E-state index in [9.17, 15) is 13.2 Å². The number of carbonyl (C=O) groups is 1. The Hall–Kier alpha value is -2.49. The Labute approximate surface area is 120 Å². The van der Waals surface area contributed by atoms with Crippen molar-refractivity contribution in [3.63, 3.8) is 0 Å². The van der Waals surface area contributed by atoms with Gasteiger partial charge >= 0.3 is 5.97 Å². The number of benzene rings is 1. The molecule has 0 aliphatic rings. The van der Waals surface area contributed by atoms with Crippen molar-refractivity contribution in [3.05, 3.63) is 30.1 Å². The molecule has 10 heteroatoms. The maximum absolute atomic E-state index is 11.8. The molecule has 0 amide bonds. The molecular weight excluding hydrogens is 298 g/mol. The van der Waals surface area contributed by atoms with Crippen LogP contribution >= 0.6 is 0 Å². The number of nitrogens with zero attached hydrogens (tertiary/aromatic N) is 4. The molecule has 21 heavy (non-hydrogen) atoms. The van der Waals surface area contributed by atoms with Crippen LogP contribution in [0.25, 0.3) is 5.69 Å². The predicted molar refractivity (Wildman–Crippen MR) is 73.5 cm³/mol. The summed E-state index contributed by atoms with van der Waals surface area (Å²) in [4.78, 5) is 10.8. The number of aliphatic carboxylic acids is 1. The van der Waals surface area contributed by atoms with Crippen molar-refractivity contribution in [2.75, 3.05) is 4.72 Å². The summed E-state index contributed by atoms with van der Waals surface area (Å²) in [5.74, 6) is -1.41. The van der Waals surface area contributed by atoms with Gasteiger partial charge < -0.3 is 5.11 Å². The zero-order valence-electron chi connectivity index (χ0n) is 11.3. The summed E-state index contributed by atoms with van der Waals surface area (Å²) in [6, 6.07) is 4.72. The van der Waals surface area contributed by atoms with E-state index in [1.54, 1.807) is 19.1 Å². The van der Waals surface area contributed by atoms with Gasteiger partial charge in [0.15, 0.2) is 5.25 Å². The van der Waals surface area contributed by atoms with Gasteiger partial charge in [-0.05, 0) is 48.0 Å². The van der Waals surface area contributed by atoms with Gasteiger partial charge in [0, 0.05) is 5.69 Å². The molecule has 0 saturated carbocycles. The number of nitrogens with one attached hydrogen (secondary N) is 1. The van der Waals surface area contributed by atoms with Crippen LogP contribution in [0.5, 0.6) is 0 Å². The Kier molecular flexibility index (Phi) is 3.89. The zero-order chi connectivity index (χ0) is 15.6. The molecule has 0 fully saturated rings. The molecule has 0 spiro atoms. The molecule has 0 saturated heterocycles. The summed E-state index contributed by atoms with van der Waals surface area (Å²) in [7, 11) is -3.99. The van der Waals surface area contributed by atoms with Gasteiger partial charge in [0.1, 0.15) is 6.33 Å². The highest BCUT2D eigenvalue weighted by atomic mass is 32.2. The second-order valence-electron chi connectivity index (χ2n) is 4.38. The summed E-state index contributed by atoms with van der Waals surface area (Å²) in [5.41, 5.74) is 1.69. The Balaban J connectivity index is 2.28. The highest BCUT2D eigenvalue weighted by molar-refractivity contribution is 7.94. The van der Waals surface area contributed by atoms with Crippen LogP contribution in [0.15, 0.2) is 24.5 Å². The van der Waals surface area contributed by atoms with Gasteiger partial charge in [-0.2, -0.15) is 0 Å². The first-order valence-electron chi connectivity index (χ1n) is 5.89. The minimum Gasteiger partial charge on any atom is -0.480 e. The Morgan fingerprint density at radius 1 is 1.43 bits per heavy atom. The fourth-order valence-corrected chi connectivity index (χ4v) is 2.53. The van der Waals surface area contributed by atoms with E-state index in [-0.39, 0.29) is 5.69 Å². The van der Waals surface area contributed by atoms with E-state index < -0.39 is 21.2 Å². The fourth-order valence-electron chi connectivity index (χ4n) is 1.63. The summed E-state index contributed by atoms with van der Waals surface area (Å²) in [5, 5.41) is 18.0. The second kappa shape index (κ2) is 5.48. The molecule has 0 radical (unpaired) electrons. The molecule has 0 aliphatic carbocycles. The Bertz CT molecular complexity index is 757. The molecule has 2 rings (SSSR count). The lowest BCUT2D eigenvalue weighted by molar-refractivity contribution is -0.136. The number of rotatable bonds is 5. The molecule has 1 aromatic heterocycles. The lowest BCUT2D eigenvalue weighted by Crippen LogP contribution is -2.32. The van der Waals surface area contributed by atoms with Crippen molar-refractivity contribution in [1.29, 1.82) is 0 Å². The van der Waals surface area contributed by atoms with Crippen LogP contribution in [0.4, 0.5) is 5.69 Å². The largest absolute Gasteiger partial charge is 0.480 e. The van der Waals surface area contributed by atoms with Crippen LogP contribution in [-0.4, -0.2) is 45.0 Å². The van der Waals surface area contributed by atoms with E-state index in [2.05, 4.69) is 20.2 Å². The van der Waals surface area contributed by atoms with Gasteiger partial charge in [0.05, 0.1) is 5.69 Å². The maximum Gasteiger partial charge on any atom is 0.323 e. The lowest BCUT2D eigenvalue weighted by Gasteiger charge is -2.13. The van der Waals surface area contributed by atoms with Gasteiger partial charge in [0.25, 0.3) is 0 Å². The Morgan fingerprint density at radius 3 is 2.67 bits per heavy atom. The van der Waals surface area contributed by atoms with E-state index in [1.165, 1.54) is 17.1 Å². The first-order valence-corrected chi connectivity index (χ1v) is 7.44. The third-order valence-corrected chi connectivity index (χ3v) is 4.52. The number of carboxylic acid groups (broad SMARTS) is 1. The summed E-state index contributed by atoms with van der Waals surface area (Å²) in [6.07, 6.45) is 1.42. The highest BCUT2D eigenvalue weighted by Crippen LogP contribution is 2.19.